The van der Waals surface area contributed by atoms with Gasteiger partial charge < -0.3 is 4.79 Å². The molecule has 0 aromatic heterocycles. The Labute approximate surface area is 159 Å². The van der Waals surface area contributed by atoms with E-state index < -0.39 is 0 Å². The van der Waals surface area contributed by atoms with Crippen molar-refractivity contribution in [2.75, 3.05) is 11.5 Å². The zero-order valence-electron chi connectivity index (χ0n) is 14.5. The van der Waals surface area contributed by atoms with E-state index in [1.807, 2.05) is 54.2 Å². The summed E-state index contributed by atoms with van der Waals surface area (Å²) in [4.78, 5) is 23.1. The quantitative estimate of drug-likeness (QED) is 0.245. The molecule has 0 spiro atoms. The Balaban J connectivity index is 0.000000257. The molecular weight excluding hydrogens is 348 g/mol. The molecule has 2 nitrogen and oxygen atoms in total. The first-order valence-electron chi connectivity index (χ1n) is 8.19. The van der Waals surface area contributed by atoms with Gasteiger partial charge in [-0.3, -0.25) is 4.79 Å². The summed E-state index contributed by atoms with van der Waals surface area (Å²) >= 11 is 3.52. The SMILES string of the molecule is CC(=O)/C=C/CCSc1ccccc1.O=CCCSc1ccccc1. The molecule has 4 heteroatoms. The molecular formula is C21H24O2S2. The average Bonchev–Trinajstić information content (AvgIpc) is 2.64. The van der Waals surface area contributed by atoms with Gasteiger partial charge in [-0.05, 0) is 43.7 Å². The van der Waals surface area contributed by atoms with Gasteiger partial charge in [0, 0.05) is 27.7 Å². The molecule has 0 amide bonds. The van der Waals surface area contributed by atoms with E-state index in [1.54, 1.807) is 24.8 Å². The summed E-state index contributed by atoms with van der Waals surface area (Å²) in [6.07, 6.45) is 6.10. The van der Waals surface area contributed by atoms with Crippen LogP contribution in [0, 0.1) is 0 Å². The molecule has 0 aliphatic rings. The third-order valence-corrected chi connectivity index (χ3v) is 4.99. The topological polar surface area (TPSA) is 34.1 Å². The lowest BCUT2D eigenvalue weighted by Gasteiger charge is -1.97. The van der Waals surface area contributed by atoms with Crippen LogP contribution in [0.25, 0.3) is 0 Å². The van der Waals surface area contributed by atoms with Crippen LogP contribution in [0.4, 0.5) is 0 Å². The fraction of sp³-hybridized carbons (Fsp3) is 0.238. The number of hydrogen-bond donors (Lipinski definition) is 0. The number of thioether (sulfide) groups is 2. The average molecular weight is 373 g/mol. The lowest BCUT2D eigenvalue weighted by atomic mass is 10.3. The minimum atomic E-state index is 0.120. The van der Waals surface area contributed by atoms with Crippen LogP contribution in [0.3, 0.4) is 0 Å². The molecule has 0 aliphatic carbocycles. The monoisotopic (exact) mass is 372 g/mol. The Morgan fingerprint density at radius 1 is 0.840 bits per heavy atom. The minimum Gasteiger partial charge on any atom is -0.303 e. The summed E-state index contributed by atoms with van der Waals surface area (Å²) in [5, 5.41) is 0. The van der Waals surface area contributed by atoms with Crippen molar-refractivity contribution in [3.8, 4) is 0 Å². The molecule has 0 bridgehead atoms. The van der Waals surface area contributed by atoms with E-state index in [1.165, 1.54) is 9.79 Å². The third kappa shape index (κ3) is 12.3. The van der Waals surface area contributed by atoms with Crippen LogP contribution < -0.4 is 0 Å². The highest BCUT2D eigenvalue weighted by Crippen LogP contribution is 2.18. The molecule has 0 radical (unpaired) electrons. The third-order valence-electron chi connectivity index (χ3n) is 2.90. The molecule has 25 heavy (non-hydrogen) atoms. The Bertz CT molecular complexity index is 625. The van der Waals surface area contributed by atoms with Gasteiger partial charge in [-0.1, -0.05) is 42.5 Å². The Kier molecular flexibility index (Phi) is 12.4. The van der Waals surface area contributed by atoms with Crippen molar-refractivity contribution >= 4 is 35.6 Å². The predicted octanol–water partition coefficient (Wildman–Crippen LogP) is 5.68. The van der Waals surface area contributed by atoms with Gasteiger partial charge in [0.2, 0.25) is 0 Å². The van der Waals surface area contributed by atoms with E-state index in [-0.39, 0.29) is 5.78 Å². The predicted molar refractivity (Wildman–Crippen MR) is 109 cm³/mol. The lowest BCUT2D eigenvalue weighted by molar-refractivity contribution is -0.112. The lowest BCUT2D eigenvalue weighted by Crippen LogP contribution is -1.81. The van der Waals surface area contributed by atoms with E-state index in [0.29, 0.717) is 6.42 Å². The van der Waals surface area contributed by atoms with Crippen molar-refractivity contribution in [3.05, 3.63) is 72.8 Å². The van der Waals surface area contributed by atoms with Crippen LogP contribution >= 0.6 is 23.5 Å². The highest BCUT2D eigenvalue weighted by molar-refractivity contribution is 7.99. The first-order valence-corrected chi connectivity index (χ1v) is 10.2. The molecule has 0 saturated heterocycles. The Hall–Kier alpha value is -1.78. The summed E-state index contributed by atoms with van der Waals surface area (Å²) in [6, 6.07) is 20.4. The number of hydrogen-bond acceptors (Lipinski definition) is 4. The van der Waals surface area contributed by atoms with Gasteiger partial charge in [0.05, 0.1) is 0 Å². The molecule has 0 saturated carbocycles. The van der Waals surface area contributed by atoms with E-state index >= 15 is 0 Å². The van der Waals surface area contributed by atoms with Gasteiger partial charge in [0.15, 0.2) is 5.78 Å². The van der Waals surface area contributed by atoms with Gasteiger partial charge in [0.1, 0.15) is 6.29 Å². The number of carbonyl (C=O) groups excluding carboxylic acids is 2. The maximum Gasteiger partial charge on any atom is 0.152 e. The minimum absolute atomic E-state index is 0.120. The van der Waals surface area contributed by atoms with Gasteiger partial charge >= 0.3 is 0 Å². The van der Waals surface area contributed by atoms with Crippen LogP contribution in [0.15, 0.2) is 82.6 Å². The molecule has 132 valence electrons. The fourth-order valence-corrected chi connectivity index (χ4v) is 3.39. The molecule has 2 aromatic rings. The van der Waals surface area contributed by atoms with Crippen LogP contribution in [-0.2, 0) is 9.59 Å². The molecule has 0 unspecified atom stereocenters. The number of benzene rings is 2. The second-order valence-corrected chi connectivity index (χ2v) is 7.42. The van der Waals surface area contributed by atoms with Crippen LogP contribution in [0.1, 0.15) is 19.8 Å². The molecule has 0 fully saturated rings. The van der Waals surface area contributed by atoms with Crippen LogP contribution in [0.5, 0.6) is 0 Å². The van der Waals surface area contributed by atoms with Crippen molar-refractivity contribution in [1.29, 1.82) is 0 Å². The van der Waals surface area contributed by atoms with Crippen LogP contribution in [-0.4, -0.2) is 23.6 Å². The second kappa shape index (κ2) is 14.6. The van der Waals surface area contributed by atoms with Gasteiger partial charge in [-0.15, -0.1) is 23.5 Å². The van der Waals surface area contributed by atoms with Crippen molar-refractivity contribution < 1.29 is 9.59 Å². The highest BCUT2D eigenvalue weighted by Gasteiger charge is 1.91. The summed E-state index contributed by atoms with van der Waals surface area (Å²) in [6.45, 7) is 1.57. The number of ketones is 1. The van der Waals surface area contributed by atoms with E-state index in [9.17, 15) is 9.59 Å². The van der Waals surface area contributed by atoms with E-state index in [0.717, 1.165) is 24.2 Å². The summed E-state index contributed by atoms with van der Waals surface area (Å²) in [5.41, 5.74) is 0. The molecule has 0 N–H and O–H groups in total. The largest absolute Gasteiger partial charge is 0.303 e. The molecule has 0 aliphatic heterocycles. The maximum atomic E-state index is 10.6. The van der Waals surface area contributed by atoms with Crippen molar-refractivity contribution in [2.24, 2.45) is 0 Å². The maximum absolute atomic E-state index is 10.6. The van der Waals surface area contributed by atoms with Crippen molar-refractivity contribution in [3.63, 3.8) is 0 Å². The second-order valence-electron chi connectivity index (χ2n) is 5.08. The van der Waals surface area contributed by atoms with E-state index in [2.05, 4.69) is 24.3 Å². The van der Waals surface area contributed by atoms with Crippen LogP contribution in [0.2, 0.25) is 0 Å². The number of aldehydes is 1. The zero-order chi connectivity index (χ0) is 18.2. The molecule has 0 heterocycles. The first-order chi connectivity index (χ1) is 12.2. The van der Waals surface area contributed by atoms with Gasteiger partial charge in [-0.2, -0.15) is 0 Å². The number of allylic oxidation sites excluding steroid dienone is 2. The summed E-state index contributed by atoms with van der Waals surface area (Å²) in [7, 11) is 0. The van der Waals surface area contributed by atoms with Gasteiger partial charge in [-0.25, -0.2) is 0 Å². The number of carbonyl (C=O) groups is 2. The van der Waals surface area contributed by atoms with Crippen molar-refractivity contribution in [1.82, 2.24) is 0 Å². The molecule has 2 aromatic carbocycles. The molecule has 0 atom stereocenters. The Morgan fingerprint density at radius 2 is 1.32 bits per heavy atom. The summed E-state index contributed by atoms with van der Waals surface area (Å²) < 4.78 is 0. The van der Waals surface area contributed by atoms with E-state index in [4.69, 9.17) is 0 Å². The smallest absolute Gasteiger partial charge is 0.152 e. The van der Waals surface area contributed by atoms with Gasteiger partial charge in [0.25, 0.3) is 0 Å². The normalized spacial score (nSPS) is 10.1. The standard InChI is InChI=1S/C12H14OS.C9H10OS/c1-11(13)7-5-6-10-14-12-8-3-2-4-9-12;10-7-4-8-11-9-5-2-1-3-6-9/h2-5,7-9H,6,10H2,1H3;1-3,5-7H,4,8H2/b7-5+;. The zero-order valence-corrected chi connectivity index (χ0v) is 16.1. The fourth-order valence-electron chi connectivity index (χ4n) is 1.75. The first kappa shape index (κ1) is 21.3. The van der Waals surface area contributed by atoms with Crippen molar-refractivity contribution in [2.45, 2.75) is 29.6 Å². The summed E-state index contributed by atoms with van der Waals surface area (Å²) in [5.74, 6) is 2.02. The number of rotatable bonds is 9. The highest BCUT2D eigenvalue weighted by atomic mass is 32.2. The molecule has 2 rings (SSSR count). The Morgan fingerprint density at radius 3 is 1.76 bits per heavy atom.